The summed E-state index contributed by atoms with van der Waals surface area (Å²) in [7, 11) is -2.87. The monoisotopic (exact) mass is 305 g/mol. The Morgan fingerprint density at radius 2 is 1.33 bits per heavy atom. The average molecular weight is 304 g/mol. The van der Waals surface area contributed by atoms with Crippen molar-refractivity contribution in [1.82, 2.24) is 0 Å². The fourth-order valence-corrected chi connectivity index (χ4v) is 0. The van der Waals surface area contributed by atoms with Gasteiger partial charge in [-0.3, -0.25) is 0 Å². The van der Waals surface area contributed by atoms with Crippen LogP contribution in [-0.2, 0) is 7.25 Å². The summed E-state index contributed by atoms with van der Waals surface area (Å²) in [6.45, 7) is 0. The molecule has 0 aliphatic carbocycles. The van der Waals surface area contributed by atoms with Gasteiger partial charge in [-0.2, -0.15) is 0 Å². The van der Waals surface area contributed by atoms with Gasteiger partial charge in [-0.25, -0.2) is 0 Å². The van der Waals surface area contributed by atoms with E-state index in [1.54, 1.807) is 0 Å². The van der Waals surface area contributed by atoms with Crippen LogP contribution in [-0.4, -0.2) is 35.6 Å². The van der Waals surface area contributed by atoms with Crippen LogP contribution >= 0.6 is 8.25 Å². The molecule has 4 nitrogen and oxygen atoms in total. The zero-order valence-corrected chi connectivity index (χ0v) is 7.44. The van der Waals surface area contributed by atoms with Gasteiger partial charge in [0, 0.05) is 4.57 Å². The van der Waals surface area contributed by atoms with Crippen molar-refractivity contribution in [2.45, 2.75) is 0 Å². The Kier molecular flexibility index (Phi) is 15.2. The van der Waals surface area contributed by atoms with E-state index in [9.17, 15) is 0 Å². The maximum atomic E-state index is 8.70. The molecule has 0 aromatic rings. The Morgan fingerprint density at radius 1 is 1.33 bits per heavy atom. The summed E-state index contributed by atoms with van der Waals surface area (Å²) in [5.41, 5.74) is 0. The fourth-order valence-electron chi connectivity index (χ4n) is 0. The van der Waals surface area contributed by atoms with Crippen LogP contribution in [0.5, 0.6) is 0 Å². The third-order valence-corrected chi connectivity index (χ3v) is 0. The molecule has 0 unspecified atom stereocenters. The molecule has 0 spiro atoms. The second-order valence-electron chi connectivity index (χ2n) is 0.253. The van der Waals surface area contributed by atoms with Gasteiger partial charge in [0.25, 0.3) is 0 Å². The first-order chi connectivity index (χ1) is 2.73. The minimum absolute atomic E-state index is 0.0556. The van der Waals surface area contributed by atoms with Crippen molar-refractivity contribution in [3.63, 3.8) is 0 Å². The number of rotatable bonds is 0. The summed E-state index contributed by atoms with van der Waals surface area (Å²) in [5.74, 6) is 0. The van der Waals surface area contributed by atoms with Gasteiger partial charge in [0.15, 0.2) is 0 Å². The van der Waals surface area contributed by atoms with Crippen molar-refractivity contribution >= 4 is 34.0 Å². The van der Waals surface area contributed by atoms with Gasteiger partial charge in [0.2, 0.25) is 0 Å². The van der Waals surface area contributed by atoms with Crippen LogP contribution in [0.15, 0.2) is 0 Å². The SMILES string of the molecule is O=[P+](O)O.[O]=[Pb]. The average Bonchev–Trinajstić information content (AvgIpc) is 1.41. The van der Waals surface area contributed by atoms with Crippen LogP contribution in [0.4, 0.5) is 0 Å². The van der Waals surface area contributed by atoms with Crippen LogP contribution in [0.2, 0.25) is 0 Å². The first kappa shape index (κ1) is 9.89. The van der Waals surface area contributed by atoms with E-state index in [4.69, 9.17) is 17.0 Å². The predicted molar refractivity (Wildman–Crippen MR) is 18.5 cm³/mol. The van der Waals surface area contributed by atoms with Crippen LogP contribution in [0.3, 0.4) is 0 Å². The van der Waals surface area contributed by atoms with Gasteiger partial charge in [-0.15, -0.1) is 9.79 Å². The Labute approximate surface area is 51.3 Å². The third-order valence-electron chi connectivity index (χ3n) is 0. The van der Waals surface area contributed by atoms with E-state index in [0.29, 0.717) is 0 Å². The zero-order chi connectivity index (χ0) is 5.58. The molecule has 0 fully saturated rings. The molecule has 6 heteroatoms. The van der Waals surface area contributed by atoms with E-state index in [1.165, 1.54) is 0 Å². The molecule has 0 rings (SSSR count). The van der Waals surface area contributed by atoms with Crippen LogP contribution < -0.4 is 0 Å². The summed E-state index contributed by atoms with van der Waals surface area (Å²) < 4.78 is 17.1. The van der Waals surface area contributed by atoms with E-state index in [2.05, 4.69) is 0 Å². The molecular formula is H2O4PPb+. The Bertz CT molecular complexity index is 38.8. The normalized spacial score (nSPS) is 5.00. The van der Waals surface area contributed by atoms with E-state index in [-0.39, 0.29) is 25.8 Å². The fraction of sp³-hybridized carbons (Fsp3) is 0. The Morgan fingerprint density at radius 3 is 1.33 bits per heavy atom. The second kappa shape index (κ2) is 9.22. The van der Waals surface area contributed by atoms with Crippen LogP contribution in [0.25, 0.3) is 0 Å². The molecule has 0 heterocycles. The molecule has 0 amide bonds. The van der Waals surface area contributed by atoms with Crippen molar-refractivity contribution in [1.29, 1.82) is 0 Å². The number of hydrogen-bond acceptors (Lipinski definition) is 2. The maximum absolute atomic E-state index is 8.70. The molecule has 2 radical (unpaired) electrons. The molecular weight excluding hydrogens is 302 g/mol. The van der Waals surface area contributed by atoms with E-state index in [0.717, 1.165) is 0 Å². The summed E-state index contributed by atoms with van der Waals surface area (Å²) in [5, 5.41) is 0. The minimum atomic E-state index is -2.87. The molecule has 0 aliphatic rings. The summed E-state index contributed by atoms with van der Waals surface area (Å²) in [6, 6.07) is 0. The predicted octanol–water partition coefficient (Wildman–Crippen LogP) is -0.871. The van der Waals surface area contributed by atoms with Crippen molar-refractivity contribution < 1.29 is 17.0 Å². The van der Waals surface area contributed by atoms with Gasteiger partial charge in [-0.05, 0) is 0 Å². The molecule has 2 N–H and O–H groups in total. The van der Waals surface area contributed by atoms with Crippen LogP contribution in [0, 0.1) is 0 Å². The van der Waals surface area contributed by atoms with E-state index in [1.807, 2.05) is 0 Å². The molecule has 0 saturated carbocycles. The van der Waals surface area contributed by atoms with E-state index >= 15 is 0 Å². The summed E-state index contributed by atoms with van der Waals surface area (Å²) >= 11 is 0.0556. The van der Waals surface area contributed by atoms with Gasteiger partial charge in [0.1, 0.15) is 0 Å². The second-order valence-corrected chi connectivity index (χ2v) is 0.758. The quantitative estimate of drug-likeness (QED) is 0.451. The summed E-state index contributed by atoms with van der Waals surface area (Å²) in [4.78, 5) is 14.2. The Hall–Kier alpha value is 0.742. The standard InChI is InChI=1S/HO3P.O.Pb/c1-4(2)3;;/h(H-,1,2,3);;/p+1. The molecule has 0 bridgehead atoms. The van der Waals surface area contributed by atoms with Crippen molar-refractivity contribution in [3.05, 3.63) is 0 Å². The molecule has 0 saturated heterocycles. The molecule has 0 atom stereocenters. The van der Waals surface area contributed by atoms with Gasteiger partial charge in [0.05, 0.1) is 0 Å². The third kappa shape index (κ3) is 121. The topological polar surface area (TPSA) is 74.6 Å². The molecule has 0 aromatic heterocycles. The van der Waals surface area contributed by atoms with Gasteiger partial charge in [-0.1, -0.05) is 0 Å². The first-order valence-corrected chi connectivity index (χ1v) is 3.54. The Balaban J connectivity index is 0. The van der Waals surface area contributed by atoms with E-state index < -0.39 is 8.25 Å². The molecule has 34 valence electrons. The van der Waals surface area contributed by atoms with Gasteiger partial charge >= 0.3 is 36.7 Å². The van der Waals surface area contributed by atoms with Crippen molar-refractivity contribution in [3.8, 4) is 0 Å². The van der Waals surface area contributed by atoms with Crippen LogP contribution in [0.1, 0.15) is 0 Å². The summed E-state index contributed by atoms with van der Waals surface area (Å²) in [6.07, 6.45) is 0. The first-order valence-electron chi connectivity index (χ1n) is 0.787. The molecule has 0 aromatic carbocycles. The molecule has 0 aliphatic heterocycles. The van der Waals surface area contributed by atoms with Crippen molar-refractivity contribution in [2.24, 2.45) is 0 Å². The number of hydrogen-bond donors (Lipinski definition) is 2. The zero-order valence-electron chi connectivity index (χ0n) is 2.66. The molecule has 6 heavy (non-hydrogen) atoms. The van der Waals surface area contributed by atoms with Crippen molar-refractivity contribution in [2.75, 3.05) is 0 Å². The van der Waals surface area contributed by atoms with Gasteiger partial charge < -0.3 is 0 Å².